The highest BCUT2D eigenvalue weighted by molar-refractivity contribution is 5.91. The molecule has 0 aliphatic rings. The molecule has 1 N–H and O–H groups in total. The fraction of sp³-hybridized carbons (Fsp3) is 0.353. The molecular formula is C17H21N3O2. The first kappa shape index (κ1) is 15.9. The Hall–Kier alpha value is -2.43. The van der Waals surface area contributed by atoms with E-state index in [-0.39, 0.29) is 18.0 Å². The molecule has 2 rings (SSSR count). The van der Waals surface area contributed by atoms with Crippen molar-refractivity contribution < 1.29 is 4.79 Å². The topological polar surface area (TPSA) is 64.0 Å². The minimum Gasteiger partial charge on any atom is -0.324 e. The number of carbonyl (C=O) groups is 1. The van der Waals surface area contributed by atoms with E-state index in [1.165, 1.54) is 10.6 Å². The van der Waals surface area contributed by atoms with Crippen LogP contribution in [0.3, 0.4) is 0 Å². The van der Waals surface area contributed by atoms with Crippen LogP contribution >= 0.6 is 0 Å². The van der Waals surface area contributed by atoms with Gasteiger partial charge in [-0.05, 0) is 31.4 Å². The molecule has 1 heterocycles. The molecule has 22 heavy (non-hydrogen) atoms. The fourth-order valence-electron chi connectivity index (χ4n) is 2.40. The van der Waals surface area contributed by atoms with Crippen molar-refractivity contribution in [3.63, 3.8) is 0 Å². The molecule has 0 saturated carbocycles. The molecule has 0 atom stereocenters. The number of carbonyl (C=O) groups excluding carboxylic acids is 1. The second-order valence-electron chi connectivity index (χ2n) is 5.66. The second-order valence-corrected chi connectivity index (χ2v) is 5.66. The third kappa shape index (κ3) is 3.61. The summed E-state index contributed by atoms with van der Waals surface area (Å²) in [5.74, 6) is 0.614. The number of hydrogen-bond acceptors (Lipinski definition) is 3. The maximum Gasteiger partial charge on any atom is 0.254 e. The Morgan fingerprint density at radius 3 is 2.59 bits per heavy atom. The number of hydrogen-bond donors (Lipinski definition) is 1. The number of nitrogens with one attached hydrogen (secondary N) is 1. The van der Waals surface area contributed by atoms with Crippen LogP contribution in [0.1, 0.15) is 36.8 Å². The number of anilines is 1. The zero-order valence-corrected chi connectivity index (χ0v) is 13.4. The third-order valence-electron chi connectivity index (χ3n) is 3.49. The number of benzene rings is 1. The molecule has 1 aromatic heterocycles. The third-order valence-corrected chi connectivity index (χ3v) is 3.49. The van der Waals surface area contributed by atoms with E-state index in [2.05, 4.69) is 24.1 Å². The van der Waals surface area contributed by atoms with Gasteiger partial charge in [0.1, 0.15) is 12.4 Å². The minimum atomic E-state index is -0.232. The summed E-state index contributed by atoms with van der Waals surface area (Å²) in [4.78, 5) is 28.4. The highest BCUT2D eigenvalue weighted by Crippen LogP contribution is 2.23. The van der Waals surface area contributed by atoms with Crippen LogP contribution in [0.15, 0.2) is 35.1 Å². The summed E-state index contributed by atoms with van der Waals surface area (Å²) >= 11 is 0. The van der Waals surface area contributed by atoms with Crippen LogP contribution in [-0.2, 0) is 11.3 Å². The van der Waals surface area contributed by atoms with Crippen molar-refractivity contribution in [2.24, 2.45) is 0 Å². The fourth-order valence-corrected chi connectivity index (χ4v) is 2.40. The SMILES string of the molecule is Cc1cc(=O)n(CC(=O)Nc2ccccc2C(C)C)c(C)n1. The molecule has 0 unspecified atom stereocenters. The van der Waals surface area contributed by atoms with Gasteiger partial charge in [-0.1, -0.05) is 32.0 Å². The Labute approximate surface area is 130 Å². The van der Waals surface area contributed by atoms with Crippen LogP contribution in [-0.4, -0.2) is 15.5 Å². The summed E-state index contributed by atoms with van der Waals surface area (Å²) in [6.45, 7) is 7.60. The van der Waals surface area contributed by atoms with E-state index < -0.39 is 0 Å². The maximum absolute atomic E-state index is 12.2. The van der Waals surface area contributed by atoms with Gasteiger partial charge in [0.2, 0.25) is 5.91 Å². The molecule has 0 spiro atoms. The first-order valence-corrected chi connectivity index (χ1v) is 7.32. The van der Waals surface area contributed by atoms with Gasteiger partial charge in [-0.15, -0.1) is 0 Å². The lowest BCUT2D eigenvalue weighted by molar-refractivity contribution is -0.116. The zero-order valence-electron chi connectivity index (χ0n) is 13.4. The predicted molar refractivity (Wildman–Crippen MR) is 87.1 cm³/mol. The molecule has 5 heteroatoms. The van der Waals surface area contributed by atoms with E-state index in [4.69, 9.17) is 0 Å². The van der Waals surface area contributed by atoms with Crippen molar-refractivity contribution in [1.82, 2.24) is 9.55 Å². The van der Waals surface area contributed by atoms with Crippen molar-refractivity contribution in [2.45, 2.75) is 40.2 Å². The van der Waals surface area contributed by atoms with Gasteiger partial charge in [0, 0.05) is 17.4 Å². The lowest BCUT2D eigenvalue weighted by Crippen LogP contribution is -2.30. The zero-order chi connectivity index (χ0) is 16.3. The summed E-state index contributed by atoms with van der Waals surface area (Å²) in [5.41, 5.74) is 2.30. The van der Waals surface area contributed by atoms with E-state index in [9.17, 15) is 9.59 Å². The Morgan fingerprint density at radius 2 is 1.95 bits per heavy atom. The van der Waals surface area contributed by atoms with Crippen LogP contribution in [0.2, 0.25) is 0 Å². The predicted octanol–water partition coefficient (Wildman–Crippen LogP) is 2.62. The molecular weight excluding hydrogens is 278 g/mol. The van der Waals surface area contributed by atoms with Gasteiger partial charge < -0.3 is 5.32 Å². The van der Waals surface area contributed by atoms with E-state index in [1.54, 1.807) is 13.8 Å². The molecule has 1 aromatic carbocycles. The Balaban J connectivity index is 2.20. The van der Waals surface area contributed by atoms with Crippen LogP contribution in [0, 0.1) is 13.8 Å². The number of aryl methyl sites for hydroxylation is 2. The van der Waals surface area contributed by atoms with E-state index >= 15 is 0 Å². The smallest absolute Gasteiger partial charge is 0.254 e. The molecule has 0 radical (unpaired) electrons. The average Bonchev–Trinajstić information content (AvgIpc) is 2.43. The number of amides is 1. The average molecular weight is 299 g/mol. The molecule has 5 nitrogen and oxygen atoms in total. The second kappa shape index (κ2) is 6.56. The summed E-state index contributed by atoms with van der Waals surface area (Å²) in [5, 5.41) is 2.88. The van der Waals surface area contributed by atoms with Crippen LogP contribution in [0.25, 0.3) is 0 Å². The van der Waals surface area contributed by atoms with Gasteiger partial charge in [0.25, 0.3) is 5.56 Å². The monoisotopic (exact) mass is 299 g/mol. The van der Waals surface area contributed by atoms with Gasteiger partial charge in [-0.2, -0.15) is 0 Å². The van der Waals surface area contributed by atoms with Gasteiger partial charge >= 0.3 is 0 Å². The summed E-state index contributed by atoms with van der Waals surface area (Å²) in [6.07, 6.45) is 0. The van der Waals surface area contributed by atoms with Crippen LogP contribution < -0.4 is 10.9 Å². The van der Waals surface area contributed by atoms with Gasteiger partial charge in [-0.3, -0.25) is 14.2 Å². The molecule has 1 amide bonds. The number of nitrogens with zero attached hydrogens (tertiary/aromatic N) is 2. The standard InChI is InChI=1S/C17H21N3O2/c1-11(2)14-7-5-6-8-15(14)19-16(21)10-20-13(4)18-12(3)9-17(20)22/h5-9,11H,10H2,1-4H3,(H,19,21). The van der Waals surface area contributed by atoms with E-state index in [0.29, 0.717) is 17.4 Å². The highest BCUT2D eigenvalue weighted by atomic mass is 16.2. The van der Waals surface area contributed by atoms with Crippen molar-refractivity contribution >= 4 is 11.6 Å². The van der Waals surface area contributed by atoms with Gasteiger partial charge in [-0.25, -0.2) is 4.98 Å². The first-order chi connectivity index (χ1) is 10.4. The molecule has 2 aromatic rings. The quantitative estimate of drug-likeness (QED) is 0.944. The number of rotatable bonds is 4. The molecule has 0 saturated heterocycles. The highest BCUT2D eigenvalue weighted by Gasteiger charge is 2.12. The molecule has 0 aliphatic heterocycles. The lowest BCUT2D eigenvalue weighted by atomic mass is 10.0. The van der Waals surface area contributed by atoms with Crippen molar-refractivity contribution in [1.29, 1.82) is 0 Å². The number of para-hydroxylation sites is 1. The van der Waals surface area contributed by atoms with Crippen molar-refractivity contribution in [2.75, 3.05) is 5.32 Å². The molecule has 0 fully saturated rings. The maximum atomic E-state index is 12.2. The Kier molecular flexibility index (Phi) is 4.75. The molecule has 0 bridgehead atoms. The first-order valence-electron chi connectivity index (χ1n) is 7.32. The van der Waals surface area contributed by atoms with Crippen molar-refractivity contribution in [3.05, 3.63) is 57.8 Å². The summed E-state index contributed by atoms with van der Waals surface area (Å²) < 4.78 is 1.38. The van der Waals surface area contributed by atoms with E-state index in [0.717, 1.165) is 11.3 Å². The molecule has 0 aliphatic carbocycles. The normalized spacial score (nSPS) is 10.8. The van der Waals surface area contributed by atoms with E-state index in [1.807, 2.05) is 24.3 Å². The lowest BCUT2D eigenvalue weighted by Gasteiger charge is -2.14. The van der Waals surface area contributed by atoms with Gasteiger partial charge in [0.05, 0.1) is 0 Å². The Bertz CT molecular complexity index is 748. The van der Waals surface area contributed by atoms with Crippen molar-refractivity contribution in [3.8, 4) is 0 Å². The number of aromatic nitrogens is 2. The minimum absolute atomic E-state index is 0.0373. The summed E-state index contributed by atoms with van der Waals surface area (Å²) in [6, 6.07) is 9.12. The largest absolute Gasteiger partial charge is 0.324 e. The Morgan fingerprint density at radius 1 is 1.27 bits per heavy atom. The summed E-state index contributed by atoms with van der Waals surface area (Å²) in [7, 11) is 0. The van der Waals surface area contributed by atoms with Crippen LogP contribution in [0.5, 0.6) is 0 Å². The van der Waals surface area contributed by atoms with Crippen LogP contribution in [0.4, 0.5) is 5.69 Å². The molecule has 116 valence electrons. The van der Waals surface area contributed by atoms with Gasteiger partial charge in [0.15, 0.2) is 0 Å².